The van der Waals surface area contributed by atoms with Crippen LogP contribution in [0.15, 0.2) is 42.6 Å². The molecular weight excluding hydrogens is 302 g/mol. The van der Waals surface area contributed by atoms with Crippen molar-refractivity contribution < 1.29 is 9.53 Å². The summed E-state index contributed by atoms with van der Waals surface area (Å²) < 4.78 is 5.69. The Morgan fingerprint density at radius 3 is 2.83 bits per heavy atom. The molecule has 0 N–H and O–H groups in total. The summed E-state index contributed by atoms with van der Waals surface area (Å²) in [4.78, 5) is 18.2. The Labute approximate surface area is 142 Å². The van der Waals surface area contributed by atoms with E-state index in [1.807, 2.05) is 37.3 Å². The molecule has 0 spiro atoms. The highest BCUT2D eigenvalue weighted by Crippen LogP contribution is 2.14. The van der Waals surface area contributed by atoms with E-state index >= 15 is 0 Å². The van der Waals surface area contributed by atoms with Gasteiger partial charge in [-0.3, -0.25) is 9.78 Å². The molecular formula is C19H21N3O2. The lowest BCUT2D eigenvalue weighted by molar-refractivity contribution is 0.0785. The molecule has 24 heavy (non-hydrogen) atoms. The molecule has 1 unspecified atom stereocenters. The van der Waals surface area contributed by atoms with E-state index in [0.29, 0.717) is 24.5 Å². The third-order valence-electron chi connectivity index (χ3n) is 3.58. The zero-order valence-corrected chi connectivity index (χ0v) is 14.2. The average molecular weight is 323 g/mol. The molecule has 1 amide bonds. The van der Waals surface area contributed by atoms with Gasteiger partial charge in [0, 0.05) is 24.8 Å². The van der Waals surface area contributed by atoms with Crippen LogP contribution >= 0.6 is 0 Å². The number of carbonyl (C=O) groups excluding carboxylic acids is 1. The summed E-state index contributed by atoms with van der Waals surface area (Å²) in [5.41, 5.74) is 2.43. The molecule has 1 heterocycles. The van der Waals surface area contributed by atoms with E-state index in [9.17, 15) is 4.79 Å². The predicted octanol–water partition coefficient (Wildman–Crippen LogP) is 3.20. The van der Waals surface area contributed by atoms with Crippen molar-refractivity contribution in [3.63, 3.8) is 0 Å². The van der Waals surface area contributed by atoms with Gasteiger partial charge in [0.15, 0.2) is 0 Å². The van der Waals surface area contributed by atoms with Crippen molar-refractivity contribution in [3.05, 3.63) is 59.4 Å². The first-order chi connectivity index (χ1) is 11.5. The van der Waals surface area contributed by atoms with Gasteiger partial charge in [0.05, 0.1) is 18.2 Å². The molecule has 0 saturated heterocycles. The van der Waals surface area contributed by atoms with E-state index < -0.39 is 0 Å². The molecule has 1 aromatic carbocycles. The molecule has 0 aliphatic heterocycles. The fourth-order valence-corrected chi connectivity index (χ4v) is 2.26. The molecule has 5 nitrogen and oxygen atoms in total. The number of carbonyl (C=O) groups is 1. The van der Waals surface area contributed by atoms with Crippen molar-refractivity contribution in [2.24, 2.45) is 5.92 Å². The van der Waals surface area contributed by atoms with Crippen LogP contribution in [-0.2, 0) is 6.61 Å². The van der Waals surface area contributed by atoms with E-state index in [2.05, 4.69) is 11.1 Å². The van der Waals surface area contributed by atoms with Gasteiger partial charge in [0.25, 0.3) is 5.91 Å². The maximum atomic E-state index is 12.4. The molecule has 0 fully saturated rings. The zero-order chi connectivity index (χ0) is 17.5. The Balaban J connectivity index is 2.01. The van der Waals surface area contributed by atoms with E-state index in [1.54, 1.807) is 31.1 Å². The lowest BCUT2D eigenvalue weighted by atomic mass is 10.1. The van der Waals surface area contributed by atoms with Crippen LogP contribution in [0.1, 0.15) is 28.5 Å². The summed E-state index contributed by atoms with van der Waals surface area (Å²) in [6.07, 6.45) is 1.68. The van der Waals surface area contributed by atoms with Crippen LogP contribution in [0.2, 0.25) is 0 Å². The number of amides is 1. The molecule has 0 aliphatic rings. The summed E-state index contributed by atoms with van der Waals surface area (Å²) in [5.74, 6) is 0.396. The Hall–Kier alpha value is -2.87. The molecule has 0 bridgehead atoms. The highest BCUT2D eigenvalue weighted by molar-refractivity contribution is 5.94. The Kier molecular flexibility index (Phi) is 5.91. The normalized spacial score (nSPS) is 11.4. The maximum Gasteiger partial charge on any atom is 0.253 e. The standard InChI is InChI=1S/C19H21N3O2/c1-14(10-20)12-22(3)19(23)17-6-4-5-16(9-17)13-24-18-8-7-15(2)21-11-18/h4-9,11,14H,12-13H2,1-3H3. The number of hydrogen-bond donors (Lipinski definition) is 0. The number of benzene rings is 1. The van der Waals surface area contributed by atoms with Crippen molar-refractivity contribution in [1.29, 1.82) is 5.26 Å². The maximum absolute atomic E-state index is 12.4. The average Bonchev–Trinajstić information content (AvgIpc) is 2.60. The van der Waals surface area contributed by atoms with Crippen LogP contribution < -0.4 is 4.74 Å². The van der Waals surface area contributed by atoms with Crippen LogP contribution in [0, 0.1) is 24.2 Å². The van der Waals surface area contributed by atoms with Gasteiger partial charge in [-0.2, -0.15) is 5.26 Å². The highest BCUT2D eigenvalue weighted by atomic mass is 16.5. The summed E-state index contributed by atoms with van der Waals surface area (Å²) in [6, 6.07) is 13.2. The third-order valence-corrected chi connectivity index (χ3v) is 3.58. The van der Waals surface area contributed by atoms with Crippen LogP contribution in [-0.4, -0.2) is 29.4 Å². The fraction of sp³-hybridized carbons (Fsp3) is 0.316. The predicted molar refractivity (Wildman–Crippen MR) is 91.5 cm³/mol. The third kappa shape index (κ3) is 4.82. The Morgan fingerprint density at radius 1 is 1.38 bits per heavy atom. The second-order valence-electron chi connectivity index (χ2n) is 5.84. The van der Waals surface area contributed by atoms with Crippen molar-refractivity contribution >= 4 is 5.91 Å². The van der Waals surface area contributed by atoms with Gasteiger partial charge >= 0.3 is 0 Å². The number of rotatable bonds is 6. The minimum absolute atomic E-state index is 0.101. The topological polar surface area (TPSA) is 66.2 Å². The van der Waals surface area contributed by atoms with E-state index in [-0.39, 0.29) is 11.8 Å². The first-order valence-corrected chi connectivity index (χ1v) is 7.79. The Bertz CT molecular complexity index is 735. The lowest BCUT2D eigenvalue weighted by Gasteiger charge is -2.18. The van der Waals surface area contributed by atoms with E-state index in [0.717, 1.165) is 11.3 Å². The molecule has 1 atom stereocenters. The molecule has 5 heteroatoms. The van der Waals surface area contributed by atoms with Gasteiger partial charge < -0.3 is 9.64 Å². The largest absolute Gasteiger partial charge is 0.487 e. The van der Waals surface area contributed by atoms with E-state index in [1.165, 1.54) is 0 Å². The molecule has 0 saturated carbocycles. The minimum atomic E-state index is -0.195. The number of aromatic nitrogens is 1. The summed E-state index contributed by atoms with van der Waals surface area (Å²) >= 11 is 0. The van der Waals surface area contributed by atoms with Crippen molar-refractivity contribution in [2.45, 2.75) is 20.5 Å². The Morgan fingerprint density at radius 2 is 2.17 bits per heavy atom. The molecule has 0 aliphatic carbocycles. The van der Waals surface area contributed by atoms with Gasteiger partial charge in [-0.05, 0) is 43.7 Å². The summed E-state index contributed by atoms with van der Waals surface area (Å²) in [6.45, 7) is 4.49. The molecule has 2 aromatic rings. The van der Waals surface area contributed by atoms with Crippen molar-refractivity contribution in [1.82, 2.24) is 9.88 Å². The van der Waals surface area contributed by atoms with Gasteiger partial charge in [0.2, 0.25) is 0 Å². The number of aryl methyl sites for hydroxylation is 1. The fourth-order valence-electron chi connectivity index (χ4n) is 2.26. The first kappa shape index (κ1) is 17.5. The highest BCUT2D eigenvalue weighted by Gasteiger charge is 2.14. The quantitative estimate of drug-likeness (QED) is 0.819. The molecule has 124 valence electrons. The van der Waals surface area contributed by atoms with Crippen LogP contribution in [0.3, 0.4) is 0 Å². The number of nitrogens with zero attached hydrogens (tertiary/aromatic N) is 3. The first-order valence-electron chi connectivity index (χ1n) is 7.79. The van der Waals surface area contributed by atoms with Crippen LogP contribution in [0.25, 0.3) is 0 Å². The van der Waals surface area contributed by atoms with Crippen molar-refractivity contribution in [3.8, 4) is 11.8 Å². The monoisotopic (exact) mass is 323 g/mol. The number of pyridine rings is 1. The lowest BCUT2D eigenvalue weighted by Crippen LogP contribution is -2.30. The van der Waals surface area contributed by atoms with Gasteiger partial charge in [-0.15, -0.1) is 0 Å². The van der Waals surface area contributed by atoms with Crippen LogP contribution in [0.5, 0.6) is 5.75 Å². The van der Waals surface area contributed by atoms with Crippen LogP contribution in [0.4, 0.5) is 0 Å². The molecule has 0 radical (unpaired) electrons. The number of ether oxygens (including phenoxy) is 1. The van der Waals surface area contributed by atoms with Gasteiger partial charge in [-0.1, -0.05) is 12.1 Å². The summed E-state index contributed by atoms with van der Waals surface area (Å²) in [7, 11) is 1.71. The summed E-state index contributed by atoms with van der Waals surface area (Å²) in [5, 5.41) is 8.87. The minimum Gasteiger partial charge on any atom is -0.487 e. The molecule has 1 aromatic heterocycles. The smallest absolute Gasteiger partial charge is 0.253 e. The second kappa shape index (κ2) is 8.11. The number of hydrogen-bond acceptors (Lipinski definition) is 4. The van der Waals surface area contributed by atoms with Gasteiger partial charge in [0.1, 0.15) is 12.4 Å². The van der Waals surface area contributed by atoms with Gasteiger partial charge in [-0.25, -0.2) is 0 Å². The second-order valence-corrected chi connectivity index (χ2v) is 5.84. The zero-order valence-electron chi connectivity index (χ0n) is 14.2. The van der Waals surface area contributed by atoms with Crippen molar-refractivity contribution in [2.75, 3.05) is 13.6 Å². The molecule has 2 rings (SSSR count). The van der Waals surface area contributed by atoms with E-state index in [4.69, 9.17) is 10.00 Å². The SMILES string of the molecule is Cc1ccc(OCc2cccc(C(=O)N(C)CC(C)C#N)c2)cn1. The number of nitriles is 1.